The van der Waals surface area contributed by atoms with E-state index in [1.807, 2.05) is 68.6 Å². The van der Waals surface area contributed by atoms with Crippen LogP contribution in [0, 0.1) is 0 Å². The second kappa shape index (κ2) is 11.1. The van der Waals surface area contributed by atoms with Crippen LogP contribution in [0.2, 0.25) is 0 Å². The van der Waals surface area contributed by atoms with Crippen molar-refractivity contribution in [3.05, 3.63) is 84.6 Å². The van der Waals surface area contributed by atoms with Crippen molar-refractivity contribution in [3.8, 4) is 17.0 Å². The van der Waals surface area contributed by atoms with Crippen LogP contribution in [0.5, 0.6) is 5.75 Å². The Kier molecular flexibility index (Phi) is 8.02. The number of nitrogens with zero attached hydrogens (tertiary/aromatic N) is 5. The molecule has 0 N–H and O–H groups in total. The standard InChI is InChI=1S/C26H31N5O2/c1-6-11-20-15-30-16-22(21-13-9-10-14-24(21)33-5)28-25(30)17-31(23(20)12-7-2)26(32)18-29(8-3)19-27-4/h6-14,16,19H,3,15,17-18H2,1-2,4-5H3/b11-6-,12-7-,27-19?. The third-order valence-corrected chi connectivity index (χ3v) is 5.31. The fourth-order valence-corrected chi connectivity index (χ4v) is 3.83. The first kappa shape index (κ1) is 23.8. The molecule has 0 unspecified atom stereocenters. The van der Waals surface area contributed by atoms with Crippen LogP contribution in [0.25, 0.3) is 11.3 Å². The summed E-state index contributed by atoms with van der Waals surface area (Å²) in [6.45, 7) is 8.79. The van der Waals surface area contributed by atoms with Crippen LogP contribution in [-0.4, -0.2) is 52.3 Å². The molecule has 0 atom stereocenters. The highest BCUT2D eigenvalue weighted by atomic mass is 16.5. The van der Waals surface area contributed by atoms with Crippen LogP contribution in [-0.2, 0) is 17.9 Å². The maximum absolute atomic E-state index is 13.4. The third kappa shape index (κ3) is 5.31. The van der Waals surface area contributed by atoms with Gasteiger partial charge in [-0.05, 0) is 43.8 Å². The molecule has 1 aliphatic heterocycles. The molecule has 2 aromatic rings. The van der Waals surface area contributed by atoms with Crippen LogP contribution < -0.4 is 4.74 Å². The maximum atomic E-state index is 13.4. The summed E-state index contributed by atoms with van der Waals surface area (Å²) in [5.74, 6) is 1.50. The number of rotatable bonds is 8. The number of imidazole rings is 1. The molecular formula is C26H31N5O2. The number of carbonyl (C=O) groups excluding carboxylic acids is 1. The summed E-state index contributed by atoms with van der Waals surface area (Å²) in [5, 5.41) is 0. The van der Waals surface area contributed by atoms with E-state index < -0.39 is 0 Å². The SMILES string of the molecule is C=CN(C=NC)CC(=O)N1Cc2nc(-c3ccccc3OC)cn2CC(/C=C\C)=C1/C=C\C. The number of para-hydroxylation sites is 1. The van der Waals surface area contributed by atoms with Crippen molar-refractivity contribution in [1.29, 1.82) is 0 Å². The lowest BCUT2D eigenvalue weighted by atomic mass is 10.1. The number of hydrogen-bond acceptors (Lipinski definition) is 4. The fourth-order valence-electron chi connectivity index (χ4n) is 3.83. The molecule has 1 amide bonds. The molecule has 1 aromatic carbocycles. The molecule has 0 radical (unpaired) electrons. The minimum Gasteiger partial charge on any atom is -0.496 e. The number of aliphatic imine (C=N–C) groups is 1. The van der Waals surface area contributed by atoms with E-state index in [2.05, 4.69) is 16.1 Å². The Hall–Kier alpha value is -3.87. The van der Waals surface area contributed by atoms with E-state index in [0.717, 1.165) is 34.1 Å². The topological polar surface area (TPSA) is 63.0 Å². The first-order chi connectivity index (χ1) is 16.1. The van der Waals surface area contributed by atoms with Gasteiger partial charge >= 0.3 is 0 Å². The van der Waals surface area contributed by atoms with Crippen molar-refractivity contribution < 1.29 is 9.53 Å². The van der Waals surface area contributed by atoms with Crippen molar-refractivity contribution >= 4 is 12.2 Å². The van der Waals surface area contributed by atoms with E-state index in [1.54, 1.807) is 36.5 Å². The van der Waals surface area contributed by atoms with Gasteiger partial charge in [0, 0.05) is 24.5 Å². The second-order valence-corrected chi connectivity index (χ2v) is 7.49. The van der Waals surface area contributed by atoms with Crippen molar-refractivity contribution in [2.45, 2.75) is 26.9 Å². The second-order valence-electron chi connectivity index (χ2n) is 7.49. The maximum Gasteiger partial charge on any atom is 0.247 e. The number of carbonyl (C=O) groups is 1. The molecule has 1 aromatic heterocycles. The van der Waals surface area contributed by atoms with Crippen LogP contribution >= 0.6 is 0 Å². The molecule has 3 rings (SSSR count). The Morgan fingerprint density at radius 2 is 2.00 bits per heavy atom. The zero-order chi connectivity index (χ0) is 23.8. The van der Waals surface area contributed by atoms with E-state index >= 15 is 0 Å². The Bertz CT molecular complexity index is 1120. The molecule has 172 valence electrons. The van der Waals surface area contributed by atoms with E-state index in [1.165, 1.54) is 0 Å². The number of allylic oxidation sites excluding steroid dienone is 5. The van der Waals surface area contributed by atoms with E-state index in [4.69, 9.17) is 9.72 Å². The molecule has 33 heavy (non-hydrogen) atoms. The number of methoxy groups -OCH3 is 1. The highest BCUT2D eigenvalue weighted by Gasteiger charge is 2.27. The predicted molar refractivity (Wildman–Crippen MR) is 133 cm³/mol. The van der Waals surface area contributed by atoms with Crippen molar-refractivity contribution in [3.63, 3.8) is 0 Å². The number of benzene rings is 1. The lowest BCUT2D eigenvalue weighted by molar-refractivity contribution is -0.129. The Morgan fingerprint density at radius 3 is 2.67 bits per heavy atom. The smallest absolute Gasteiger partial charge is 0.247 e. The molecule has 0 saturated heterocycles. The van der Waals surface area contributed by atoms with Crippen LogP contribution in [0.15, 0.2) is 83.8 Å². The third-order valence-electron chi connectivity index (χ3n) is 5.31. The van der Waals surface area contributed by atoms with Crippen molar-refractivity contribution in [2.24, 2.45) is 4.99 Å². The van der Waals surface area contributed by atoms with Gasteiger partial charge in [0.15, 0.2) is 0 Å². The van der Waals surface area contributed by atoms with Crippen molar-refractivity contribution in [1.82, 2.24) is 19.4 Å². The lowest BCUT2D eigenvalue weighted by Gasteiger charge is -2.25. The summed E-state index contributed by atoms with van der Waals surface area (Å²) in [5.41, 5.74) is 3.62. The van der Waals surface area contributed by atoms with E-state index in [0.29, 0.717) is 13.1 Å². The van der Waals surface area contributed by atoms with Gasteiger partial charge in [-0.3, -0.25) is 9.79 Å². The van der Waals surface area contributed by atoms with Gasteiger partial charge in [0.2, 0.25) is 5.91 Å². The van der Waals surface area contributed by atoms with Gasteiger partial charge < -0.3 is 19.1 Å². The van der Waals surface area contributed by atoms with Gasteiger partial charge in [0.05, 0.1) is 32.2 Å². The Balaban J connectivity index is 2.08. The zero-order valence-electron chi connectivity index (χ0n) is 19.7. The van der Waals surface area contributed by atoms with E-state index in [-0.39, 0.29) is 12.5 Å². The van der Waals surface area contributed by atoms with Gasteiger partial charge in [-0.25, -0.2) is 4.98 Å². The number of amides is 1. The van der Waals surface area contributed by atoms with Gasteiger partial charge in [0.25, 0.3) is 0 Å². The molecule has 1 aliphatic rings. The molecule has 0 bridgehead atoms. The summed E-state index contributed by atoms with van der Waals surface area (Å²) < 4.78 is 7.64. The summed E-state index contributed by atoms with van der Waals surface area (Å²) in [4.78, 5) is 25.8. The number of ether oxygens (including phenoxy) is 1. The molecule has 0 saturated carbocycles. The number of fused-ring (bicyclic) bond motifs is 1. The van der Waals surface area contributed by atoms with Crippen molar-refractivity contribution in [2.75, 3.05) is 20.7 Å². The highest BCUT2D eigenvalue weighted by molar-refractivity contribution is 5.83. The average Bonchev–Trinajstić information content (AvgIpc) is 3.16. The van der Waals surface area contributed by atoms with Gasteiger partial charge in [0.1, 0.15) is 18.1 Å². The normalized spacial score (nSPS) is 14.2. The van der Waals surface area contributed by atoms with Gasteiger partial charge in [-0.1, -0.05) is 36.9 Å². The fraction of sp³-hybridized carbons (Fsp3) is 0.269. The monoisotopic (exact) mass is 445 g/mol. The first-order valence-electron chi connectivity index (χ1n) is 10.8. The molecule has 7 nitrogen and oxygen atoms in total. The summed E-state index contributed by atoms with van der Waals surface area (Å²) in [6.07, 6.45) is 13.2. The molecule has 2 heterocycles. The van der Waals surface area contributed by atoms with Gasteiger partial charge in [-0.15, -0.1) is 0 Å². The summed E-state index contributed by atoms with van der Waals surface area (Å²) in [6, 6.07) is 7.81. The summed E-state index contributed by atoms with van der Waals surface area (Å²) >= 11 is 0. The van der Waals surface area contributed by atoms with Gasteiger partial charge in [-0.2, -0.15) is 0 Å². The molecular weight excluding hydrogens is 414 g/mol. The molecule has 0 fully saturated rings. The Morgan fingerprint density at radius 1 is 1.24 bits per heavy atom. The molecule has 0 spiro atoms. The quantitative estimate of drug-likeness (QED) is 0.446. The predicted octanol–water partition coefficient (Wildman–Crippen LogP) is 4.41. The highest BCUT2D eigenvalue weighted by Crippen LogP contribution is 2.31. The lowest BCUT2D eigenvalue weighted by Crippen LogP contribution is -2.37. The van der Waals surface area contributed by atoms with E-state index in [9.17, 15) is 4.79 Å². The number of hydrogen-bond donors (Lipinski definition) is 0. The minimum absolute atomic E-state index is 0.0693. The first-order valence-corrected chi connectivity index (χ1v) is 10.8. The zero-order valence-corrected chi connectivity index (χ0v) is 19.7. The largest absolute Gasteiger partial charge is 0.496 e. The summed E-state index contributed by atoms with van der Waals surface area (Å²) in [7, 11) is 3.32. The average molecular weight is 446 g/mol. The Labute approximate surface area is 195 Å². The van der Waals surface area contributed by atoms with Crippen LogP contribution in [0.4, 0.5) is 0 Å². The molecule has 0 aliphatic carbocycles. The van der Waals surface area contributed by atoms with Crippen LogP contribution in [0.1, 0.15) is 19.7 Å². The minimum atomic E-state index is -0.0693. The number of aromatic nitrogens is 2. The van der Waals surface area contributed by atoms with Crippen LogP contribution in [0.3, 0.4) is 0 Å². The molecule has 7 heteroatoms.